The number of amides is 3. The van der Waals surface area contributed by atoms with E-state index in [1.54, 1.807) is 0 Å². The van der Waals surface area contributed by atoms with Crippen LogP contribution in [0.2, 0.25) is 0 Å². The minimum atomic E-state index is -0.542. The van der Waals surface area contributed by atoms with Gasteiger partial charge in [0, 0.05) is 26.3 Å². The molecule has 2 aromatic rings. The highest BCUT2D eigenvalue weighted by molar-refractivity contribution is 8.18. The maximum atomic E-state index is 13.0. The van der Waals surface area contributed by atoms with Gasteiger partial charge < -0.3 is 10.1 Å². The van der Waals surface area contributed by atoms with Crippen LogP contribution in [0.5, 0.6) is 0 Å². The van der Waals surface area contributed by atoms with Crippen molar-refractivity contribution in [3.05, 3.63) is 68.7 Å². The Morgan fingerprint density at radius 1 is 1.16 bits per heavy atom. The van der Waals surface area contributed by atoms with Crippen LogP contribution in [0.1, 0.15) is 16.1 Å². The van der Waals surface area contributed by atoms with Gasteiger partial charge in [-0.25, -0.2) is 9.07 Å². The molecule has 0 aliphatic carbocycles. The van der Waals surface area contributed by atoms with Crippen LogP contribution >= 0.6 is 11.8 Å². The number of halogens is 1. The fraction of sp³-hybridized carbons (Fsp3) is 0.250. The molecule has 1 aliphatic rings. The molecule has 0 spiro atoms. The van der Waals surface area contributed by atoms with Crippen molar-refractivity contribution < 1.29 is 23.5 Å². The maximum Gasteiger partial charge on any atom is 0.293 e. The number of ether oxygens (including phenoxy) is 1. The molecule has 3 amide bonds. The van der Waals surface area contributed by atoms with Crippen molar-refractivity contribution in [3.8, 4) is 0 Å². The second-order valence-corrected chi connectivity index (χ2v) is 7.41. The first-order chi connectivity index (χ1) is 14.9. The number of carbonyl (C=O) groups excluding carboxylic acids is 3. The average molecular weight is 446 g/mol. The standard InChI is InChI=1S/C20H19FN4O5S/c1-30-11-10-25-17(26)7-6-15(23-25)18(27)22-8-9-24-19(28)16(31-20(24)29)12-13-2-4-14(21)5-3-13/h2-7,12H,8-11H2,1H3,(H,22,27)/b16-12-. The first kappa shape index (κ1) is 22.4. The Hall–Kier alpha value is -3.31. The number of methoxy groups -OCH3 is 1. The number of rotatable bonds is 8. The quantitative estimate of drug-likeness (QED) is 0.612. The van der Waals surface area contributed by atoms with Crippen LogP contribution in [0.15, 0.2) is 46.1 Å². The fourth-order valence-electron chi connectivity index (χ4n) is 2.68. The van der Waals surface area contributed by atoms with Crippen molar-refractivity contribution in [3.63, 3.8) is 0 Å². The Labute approximate surface area is 180 Å². The molecule has 1 N–H and O–H groups in total. The van der Waals surface area contributed by atoms with E-state index >= 15 is 0 Å². The van der Waals surface area contributed by atoms with E-state index in [9.17, 15) is 23.6 Å². The van der Waals surface area contributed by atoms with E-state index < -0.39 is 22.9 Å². The molecule has 1 saturated heterocycles. The molecule has 3 rings (SSSR count). The van der Waals surface area contributed by atoms with Gasteiger partial charge in [0.25, 0.3) is 22.6 Å². The monoisotopic (exact) mass is 446 g/mol. The van der Waals surface area contributed by atoms with Gasteiger partial charge in [0.2, 0.25) is 0 Å². The van der Waals surface area contributed by atoms with Crippen LogP contribution in [-0.4, -0.2) is 58.5 Å². The van der Waals surface area contributed by atoms with Crippen molar-refractivity contribution in [2.45, 2.75) is 6.54 Å². The summed E-state index contributed by atoms with van der Waals surface area (Å²) in [6, 6.07) is 8.06. The molecule has 1 aliphatic heterocycles. The highest BCUT2D eigenvalue weighted by atomic mass is 32.2. The van der Waals surface area contributed by atoms with E-state index in [0.29, 0.717) is 5.56 Å². The highest BCUT2D eigenvalue weighted by Crippen LogP contribution is 2.31. The normalized spacial score (nSPS) is 15.0. The Morgan fingerprint density at radius 3 is 2.61 bits per heavy atom. The maximum absolute atomic E-state index is 13.0. The molecule has 11 heteroatoms. The second kappa shape index (κ2) is 10.1. The van der Waals surface area contributed by atoms with Crippen LogP contribution in [0.3, 0.4) is 0 Å². The van der Waals surface area contributed by atoms with Gasteiger partial charge in [0.15, 0.2) is 0 Å². The van der Waals surface area contributed by atoms with Gasteiger partial charge in [0.05, 0.1) is 18.1 Å². The lowest BCUT2D eigenvalue weighted by Gasteiger charge is -2.13. The summed E-state index contributed by atoms with van der Waals surface area (Å²) in [5.41, 5.74) is 0.260. The Balaban J connectivity index is 1.58. The summed E-state index contributed by atoms with van der Waals surface area (Å²) >= 11 is 0.777. The molecule has 9 nitrogen and oxygen atoms in total. The van der Waals surface area contributed by atoms with Crippen LogP contribution in [0, 0.1) is 5.82 Å². The third-order valence-corrected chi connectivity index (χ3v) is 5.18. The van der Waals surface area contributed by atoms with Crippen LogP contribution in [-0.2, 0) is 16.1 Å². The molecular weight excluding hydrogens is 427 g/mol. The number of hydrogen-bond donors (Lipinski definition) is 1. The van der Waals surface area contributed by atoms with Crippen molar-refractivity contribution in [1.82, 2.24) is 20.0 Å². The minimum absolute atomic E-state index is 0.0135. The van der Waals surface area contributed by atoms with Crippen LogP contribution in [0.4, 0.5) is 9.18 Å². The zero-order valence-electron chi connectivity index (χ0n) is 16.5. The second-order valence-electron chi connectivity index (χ2n) is 6.41. The first-order valence-electron chi connectivity index (χ1n) is 9.25. The van der Waals surface area contributed by atoms with E-state index in [4.69, 9.17) is 4.74 Å². The molecule has 0 saturated carbocycles. The van der Waals surface area contributed by atoms with Gasteiger partial charge in [0.1, 0.15) is 11.5 Å². The molecule has 1 aromatic carbocycles. The number of benzene rings is 1. The van der Waals surface area contributed by atoms with Crippen LogP contribution < -0.4 is 10.9 Å². The van der Waals surface area contributed by atoms with Crippen LogP contribution in [0.25, 0.3) is 6.08 Å². The lowest BCUT2D eigenvalue weighted by Crippen LogP contribution is -2.38. The molecule has 0 radical (unpaired) electrons. The third kappa shape index (κ3) is 5.64. The summed E-state index contributed by atoms with van der Waals surface area (Å²) in [6.07, 6.45) is 1.51. The average Bonchev–Trinajstić information content (AvgIpc) is 3.02. The predicted molar refractivity (Wildman–Crippen MR) is 112 cm³/mol. The Morgan fingerprint density at radius 2 is 1.90 bits per heavy atom. The summed E-state index contributed by atoms with van der Waals surface area (Å²) in [7, 11) is 1.49. The third-order valence-electron chi connectivity index (χ3n) is 4.27. The Kier molecular flexibility index (Phi) is 7.32. The van der Waals surface area contributed by atoms with Crippen molar-refractivity contribution in [2.75, 3.05) is 26.8 Å². The van der Waals surface area contributed by atoms with Gasteiger partial charge in [-0.15, -0.1) is 0 Å². The fourth-order valence-corrected chi connectivity index (χ4v) is 3.55. The van der Waals surface area contributed by atoms with Crippen molar-refractivity contribution in [1.29, 1.82) is 0 Å². The number of thioether (sulfide) groups is 1. The van der Waals surface area contributed by atoms with Gasteiger partial charge in [-0.1, -0.05) is 12.1 Å². The molecular formula is C20H19FN4O5S. The summed E-state index contributed by atoms with van der Waals surface area (Å²) in [4.78, 5) is 49.9. The van der Waals surface area contributed by atoms with Gasteiger partial charge in [-0.05, 0) is 41.6 Å². The zero-order chi connectivity index (χ0) is 22.4. The van der Waals surface area contributed by atoms with Gasteiger partial charge in [-0.3, -0.25) is 24.1 Å². The van der Waals surface area contributed by atoms with E-state index in [0.717, 1.165) is 21.3 Å². The lowest BCUT2D eigenvalue weighted by atomic mass is 10.2. The lowest BCUT2D eigenvalue weighted by molar-refractivity contribution is -0.122. The van der Waals surface area contributed by atoms with Gasteiger partial charge >= 0.3 is 0 Å². The number of carbonyl (C=O) groups is 3. The number of hydrogen-bond acceptors (Lipinski definition) is 7. The van der Waals surface area contributed by atoms with E-state index in [-0.39, 0.29) is 42.4 Å². The minimum Gasteiger partial charge on any atom is -0.383 e. The summed E-state index contributed by atoms with van der Waals surface area (Å²) < 4.78 is 19.0. The molecule has 2 heterocycles. The predicted octanol–water partition coefficient (Wildman–Crippen LogP) is 1.50. The topological polar surface area (TPSA) is 111 Å². The molecule has 162 valence electrons. The molecule has 0 bridgehead atoms. The summed E-state index contributed by atoms with van der Waals surface area (Å²) in [5, 5.41) is 6.10. The SMILES string of the molecule is COCCn1nc(C(=O)NCCN2C(=O)S/C(=C\c3ccc(F)cc3)C2=O)ccc1=O. The number of imide groups is 1. The van der Waals surface area contributed by atoms with Crippen molar-refractivity contribution in [2.24, 2.45) is 0 Å². The zero-order valence-corrected chi connectivity index (χ0v) is 17.4. The molecule has 0 atom stereocenters. The molecule has 0 unspecified atom stereocenters. The van der Waals surface area contributed by atoms with Gasteiger partial charge in [-0.2, -0.15) is 5.10 Å². The molecule has 31 heavy (non-hydrogen) atoms. The molecule has 1 fully saturated rings. The Bertz CT molecular complexity index is 1080. The largest absolute Gasteiger partial charge is 0.383 e. The summed E-state index contributed by atoms with van der Waals surface area (Å²) in [6.45, 7) is 0.455. The number of aromatic nitrogens is 2. The molecule has 1 aromatic heterocycles. The first-order valence-corrected chi connectivity index (χ1v) is 10.1. The van der Waals surface area contributed by atoms with E-state index in [2.05, 4.69) is 10.4 Å². The van der Waals surface area contributed by atoms with E-state index in [1.807, 2.05) is 0 Å². The smallest absolute Gasteiger partial charge is 0.293 e. The highest BCUT2D eigenvalue weighted by Gasteiger charge is 2.34. The number of nitrogens with zero attached hydrogens (tertiary/aromatic N) is 3. The van der Waals surface area contributed by atoms with Crippen molar-refractivity contribution >= 4 is 34.9 Å². The summed E-state index contributed by atoms with van der Waals surface area (Å²) in [5.74, 6) is -1.43. The number of nitrogens with one attached hydrogen (secondary N) is 1. The van der Waals surface area contributed by atoms with E-state index in [1.165, 1.54) is 49.6 Å².